The highest BCUT2D eigenvalue weighted by molar-refractivity contribution is 7.92. The number of hydrogen-bond acceptors (Lipinski definition) is 6. The van der Waals surface area contributed by atoms with Crippen molar-refractivity contribution in [3.05, 3.63) is 36.4 Å². The lowest BCUT2D eigenvalue weighted by molar-refractivity contribution is -0.116. The van der Waals surface area contributed by atoms with Crippen molar-refractivity contribution in [1.29, 1.82) is 0 Å². The number of anilines is 2. The molecule has 0 aliphatic carbocycles. The van der Waals surface area contributed by atoms with Crippen molar-refractivity contribution in [3.63, 3.8) is 0 Å². The minimum absolute atomic E-state index is 0.0248. The number of sulfonamides is 1. The average molecular weight is 392 g/mol. The van der Waals surface area contributed by atoms with Gasteiger partial charge in [0.2, 0.25) is 5.91 Å². The summed E-state index contributed by atoms with van der Waals surface area (Å²) < 4.78 is 44.0. The van der Waals surface area contributed by atoms with Gasteiger partial charge in [0.15, 0.2) is 0 Å². The van der Waals surface area contributed by atoms with E-state index in [2.05, 4.69) is 4.72 Å². The van der Waals surface area contributed by atoms with Crippen molar-refractivity contribution in [1.82, 2.24) is 0 Å². The Morgan fingerprint density at radius 3 is 2.59 bits per heavy atom. The quantitative estimate of drug-likeness (QED) is 0.839. The van der Waals surface area contributed by atoms with Crippen LogP contribution in [0.3, 0.4) is 0 Å². The maximum Gasteiger partial charge on any atom is 0.265 e. The SMILES string of the molecule is COc1ccc(S(=O)(=O)Nc2ccc3c(c2)N(C(C)=O)CCO3)c(OC)c1. The summed E-state index contributed by atoms with van der Waals surface area (Å²) in [6, 6.07) is 9.22. The fraction of sp³-hybridized carbons (Fsp3) is 0.278. The van der Waals surface area contributed by atoms with Gasteiger partial charge in [0.1, 0.15) is 28.8 Å². The molecule has 3 rings (SSSR count). The van der Waals surface area contributed by atoms with Gasteiger partial charge in [0.05, 0.1) is 32.1 Å². The van der Waals surface area contributed by atoms with E-state index in [0.29, 0.717) is 36.0 Å². The van der Waals surface area contributed by atoms with Crippen LogP contribution in [0.15, 0.2) is 41.3 Å². The molecule has 0 spiro atoms. The third kappa shape index (κ3) is 3.77. The number of carbonyl (C=O) groups excluding carboxylic acids is 1. The van der Waals surface area contributed by atoms with Crippen molar-refractivity contribution < 1.29 is 27.4 Å². The Morgan fingerprint density at radius 2 is 1.93 bits per heavy atom. The summed E-state index contributed by atoms with van der Waals surface area (Å²) in [6.07, 6.45) is 0. The smallest absolute Gasteiger partial charge is 0.265 e. The van der Waals surface area contributed by atoms with Crippen LogP contribution in [0.1, 0.15) is 6.92 Å². The molecule has 0 saturated heterocycles. The van der Waals surface area contributed by atoms with E-state index in [9.17, 15) is 13.2 Å². The number of methoxy groups -OCH3 is 2. The van der Waals surface area contributed by atoms with Crippen molar-refractivity contribution in [2.75, 3.05) is 37.0 Å². The van der Waals surface area contributed by atoms with Gasteiger partial charge >= 0.3 is 0 Å². The maximum absolute atomic E-state index is 12.8. The molecule has 0 unspecified atom stereocenters. The second-order valence-corrected chi connectivity index (χ2v) is 7.47. The van der Waals surface area contributed by atoms with Crippen LogP contribution in [0.5, 0.6) is 17.2 Å². The van der Waals surface area contributed by atoms with Crippen LogP contribution in [0.2, 0.25) is 0 Å². The molecule has 1 amide bonds. The summed E-state index contributed by atoms with van der Waals surface area (Å²) in [4.78, 5) is 13.3. The van der Waals surface area contributed by atoms with Crippen LogP contribution in [0.25, 0.3) is 0 Å². The van der Waals surface area contributed by atoms with Crippen LogP contribution >= 0.6 is 0 Å². The molecule has 1 N–H and O–H groups in total. The molecule has 2 aromatic rings. The predicted molar refractivity (Wildman–Crippen MR) is 100 cm³/mol. The van der Waals surface area contributed by atoms with Crippen molar-refractivity contribution in [2.45, 2.75) is 11.8 Å². The number of nitrogens with one attached hydrogen (secondary N) is 1. The zero-order chi connectivity index (χ0) is 19.6. The van der Waals surface area contributed by atoms with Gasteiger partial charge in [-0.1, -0.05) is 0 Å². The predicted octanol–water partition coefficient (Wildman–Crippen LogP) is 2.25. The van der Waals surface area contributed by atoms with Gasteiger partial charge in [-0.3, -0.25) is 9.52 Å². The molecule has 0 radical (unpaired) electrons. The Hall–Kier alpha value is -2.94. The summed E-state index contributed by atoms with van der Waals surface area (Å²) in [5.74, 6) is 1.03. The standard InChI is InChI=1S/C18H20N2O6S/c1-12(21)20-8-9-26-16-6-4-13(10-15(16)20)19-27(22,23)18-7-5-14(24-2)11-17(18)25-3/h4-7,10-11,19H,8-9H2,1-3H3. The molecule has 1 heterocycles. The summed E-state index contributed by atoms with van der Waals surface area (Å²) >= 11 is 0. The first-order chi connectivity index (χ1) is 12.9. The summed E-state index contributed by atoms with van der Waals surface area (Å²) in [7, 11) is -1.05. The summed E-state index contributed by atoms with van der Waals surface area (Å²) in [5.41, 5.74) is 0.832. The molecule has 1 aliphatic heterocycles. The lowest BCUT2D eigenvalue weighted by Crippen LogP contribution is -2.36. The molecule has 144 valence electrons. The Bertz CT molecular complexity index is 974. The van der Waals surface area contributed by atoms with Gasteiger partial charge in [-0.05, 0) is 30.3 Å². The maximum atomic E-state index is 12.8. The molecule has 2 aromatic carbocycles. The van der Waals surface area contributed by atoms with Crippen LogP contribution in [0, 0.1) is 0 Å². The van der Waals surface area contributed by atoms with Gasteiger partial charge < -0.3 is 19.1 Å². The van der Waals surface area contributed by atoms with E-state index in [1.54, 1.807) is 23.1 Å². The second kappa shape index (κ2) is 7.36. The molecule has 9 heteroatoms. The highest BCUT2D eigenvalue weighted by Crippen LogP contribution is 2.36. The molecule has 0 saturated carbocycles. The monoisotopic (exact) mass is 392 g/mol. The van der Waals surface area contributed by atoms with Crippen molar-refractivity contribution in [2.24, 2.45) is 0 Å². The number of carbonyl (C=O) groups is 1. The summed E-state index contributed by atoms with van der Waals surface area (Å²) in [6.45, 7) is 2.25. The van der Waals surface area contributed by atoms with Gasteiger partial charge in [-0.2, -0.15) is 0 Å². The largest absolute Gasteiger partial charge is 0.497 e. The molecular formula is C18H20N2O6S. The number of ether oxygens (including phenoxy) is 3. The second-order valence-electron chi connectivity index (χ2n) is 5.82. The third-order valence-electron chi connectivity index (χ3n) is 4.11. The number of rotatable bonds is 5. The first-order valence-electron chi connectivity index (χ1n) is 8.15. The first kappa shape index (κ1) is 18.8. The fourth-order valence-corrected chi connectivity index (χ4v) is 4.02. The molecule has 0 atom stereocenters. The lowest BCUT2D eigenvalue weighted by atomic mass is 10.2. The van der Waals surface area contributed by atoms with Crippen LogP contribution < -0.4 is 23.8 Å². The number of hydrogen-bond donors (Lipinski definition) is 1. The lowest BCUT2D eigenvalue weighted by Gasteiger charge is -2.29. The number of amides is 1. The van der Waals surface area contributed by atoms with Gasteiger partial charge in [0, 0.05) is 13.0 Å². The van der Waals surface area contributed by atoms with E-state index < -0.39 is 10.0 Å². The van der Waals surface area contributed by atoms with E-state index >= 15 is 0 Å². The van der Waals surface area contributed by atoms with E-state index in [0.717, 1.165) is 0 Å². The normalized spacial score (nSPS) is 13.4. The highest BCUT2D eigenvalue weighted by atomic mass is 32.2. The Kier molecular flexibility index (Phi) is 5.13. The van der Waals surface area contributed by atoms with Crippen molar-refractivity contribution in [3.8, 4) is 17.2 Å². The van der Waals surface area contributed by atoms with E-state index in [4.69, 9.17) is 14.2 Å². The Labute approximate surface area is 157 Å². The zero-order valence-electron chi connectivity index (χ0n) is 15.2. The molecule has 8 nitrogen and oxygen atoms in total. The molecule has 27 heavy (non-hydrogen) atoms. The number of nitrogens with zero attached hydrogens (tertiary/aromatic N) is 1. The van der Waals surface area contributed by atoms with Crippen LogP contribution in [-0.4, -0.2) is 41.7 Å². The number of fused-ring (bicyclic) bond motifs is 1. The van der Waals surface area contributed by atoms with E-state index in [1.807, 2.05) is 0 Å². The van der Waals surface area contributed by atoms with Crippen LogP contribution in [0.4, 0.5) is 11.4 Å². The van der Waals surface area contributed by atoms with Crippen LogP contribution in [-0.2, 0) is 14.8 Å². The van der Waals surface area contributed by atoms with E-state index in [1.165, 1.54) is 39.3 Å². The van der Waals surface area contributed by atoms with Crippen molar-refractivity contribution >= 4 is 27.3 Å². The first-order valence-corrected chi connectivity index (χ1v) is 9.64. The highest BCUT2D eigenvalue weighted by Gasteiger charge is 2.24. The molecule has 0 aromatic heterocycles. The third-order valence-corrected chi connectivity index (χ3v) is 5.54. The molecule has 0 fully saturated rings. The zero-order valence-corrected chi connectivity index (χ0v) is 16.0. The fourth-order valence-electron chi connectivity index (χ4n) is 2.82. The van der Waals surface area contributed by atoms with Gasteiger partial charge in [-0.25, -0.2) is 8.42 Å². The summed E-state index contributed by atoms with van der Waals surface area (Å²) in [5, 5.41) is 0. The minimum Gasteiger partial charge on any atom is -0.497 e. The Balaban J connectivity index is 1.95. The minimum atomic E-state index is -3.92. The number of benzene rings is 2. The average Bonchev–Trinajstić information content (AvgIpc) is 2.66. The topological polar surface area (TPSA) is 94.2 Å². The molecule has 1 aliphatic rings. The van der Waals surface area contributed by atoms with Gasteiger partial charge in [-0.15, -0.1) is 0 Å². The molecular weight excluding hydrogens is 372 g/mol. The van der Waals surface area contributed by atoms with Gasteiger partial charge in [0.25, 0.3) is 10.0 Å². The molecule has 0 bridgehead atoms. The Morgan fingerprint density at radius 1 is 1.15 bits per heavy atom. The van der Waals surface area contributed by atoms with E-state index in [-0.39, 0.29) is 16.6 Å².